The zero-order valence-corrected chi connectivity index (χ0v) is 9.54. The normalized spacial score (nSPS) is 22.9. The van der Waals surface area contributed by atoms with Gasteiger partial charge in [0.2, 0.25) is 0 Å². The number of aryl methyl sites for hydroxylation is 1. The third kappa shape index (κ3) is 1.71. The van der Waals surface area contributed by atoms with E-state index >= 15 is 0 Å². The van der Waals surface area contributed by atoms with Crippen LogP contribution in [0.4, 0.5) is 10.6 Å². The van der Waals surface area contributed by atoms with Gasteiger partial charge in [-0.15, -0.1) is 0 Å². The number of anilines is 1. The van der Waals surface area contributed by atoms with E-state index < -0.39 is 6.09 Å². The van der Waals surface area contributed by atoms with Crippen LogP contribution in [0.1, 0.15) is 12.0 Å². The number of carboxylic acid groups (broad SMARTS) is 1. The molecule has 0 saturated carbocycles. The summed E-state index contributed by atoms with van der Waals surface area (Å²) in [5, 5.41) is 9.02. The Kier molecular flexibility index (Phi) is 2.39. The van der Waals surface area contributed by atoms with Crippen LogP contribution < -0.4 is 4.90 Å². The molecule has 1 N–H and O–H groups in total. The highest BCUT2D eigenvalue weighted by Crippen LogP contribution is 2.30. The second-order valence-corrected chi connectivity index (χ2v) is 4.60. The summed E-state index contributed by atoms with van der Waals surface area (Å²) in [5.74, 6) is 1.05. The van der Waals surface area contributed by atoms with Gasteiger partial charge in [0.1, 0.15) is 5.82 Å². The fourth-order valence-corrected chi connectivity index (χ4v) is 2.76. The first-order valence-electron chi connectivity index (χ1n) is 5.94. The second kappa shape index (κ2) is 3.91. The van der Waals surface area contributed by atoms with E-state index in [0.29, 0.717) is 19.1 Å². The highest BCUT2D eigenvalue weighted by atomic mass is 16.4. The molecule has 2 aliphatic heterocycles. The van der Waals surface area contributed by atoms with E-state index in [0.717, 1.165) is 25.2 Å². The molecule has 1 fully saturated rings. The van der Waals surface area contributed by atoms with Gasteiger partial charge in [-0.2, -0.15) is 0 Å². The molecule has 0 aliphatic carbocycles. The van der Waals surface area contributed by atoms with E-state index in [1.807, 2.05) is 12.3 Å². The summed E-state index contributed by atoms with van der Waals surface area (Å²) >= 11 is 0. The average molecular weight is 233 g/mol. The van der Waals surface area contributed by atoms with Crippen molar-refractivity contribution in [2.24, 2.45) is 0 Å². The first-order valence-corrected chi connectivity index (χ1v) is 5.94. The minimum Gasteiger partial charge on any atom is -0.465 e. The van der Waals surface area contributed by atoms with Crippen molar-refractivity contribution in [2.75, 3.05) is 24.5 Å². The third-order valence-electron chi connectivity index (χ3n) is 3.64. The number of hydrogen-bond acceptors (Lipinski definition) is 3. The predicted molar refractivity (Wildman–Crippen MR) is 63.3 cm³/mol. The zero-order chi connectivity index (χ0) is 11.8. The number of carbonyl (C=O) groups is 1. The van der Waals surface area contributed by atoms with E-state index in [4.69, 9.17) is 5.11 Å². The summed E-state index contributed by atoms with van der Waals surface area (Å²) in [6.07, 6.45) is 3.02. The van der Waals surface area contributed by atoms with E-state index in [-0.39, 0.29) is 0 Å². The minimum absolute atomic E-state index is 0.294. The van der Waals surface area contributed by atoms with Gasteiger partial charge in [-0.25, -0.2) is 9.78 Å². The van der Waals surface area contributed by atoms with Crippen molar-refractivity contribution in [3.05, 3.63) is 23.9 Å². The van der Waals surface area contributed by atoms with E-state index in [2.05, 4.69) is 16.0 Å². The van der Waals surface area contributed by atoms with Gasteiger partial charge in [0, 0.05) is 31.9 Å². The van der Waals surface area contributed by atoms with E-state index in [1.165, 1.54) is 10.5 Å². The molecule has 0 spiro atoms. The molecule has 1 atom stereocenters. The quantitative estimate of drug-likeness (QED) is 0.731. The molecule has 3 heterocycles. The summed E-state index contributed by atoms with van der Waals surface area (Å²) in [6.45, 7) is 1.92. The standard InChI is InChI=1S/C12H15N3O2/c16-12(17)14-6-7-15-10(8-14)4-3-9-2-1-5-13-11(9)15/h1-2,5,10H,3-4,6-8H2,(H,16,17)/t10-/m1/s1. The Morgan fingerprint density at radius 3 is 3.18 bits per heavy atom. The molecule has 2 aliphatic rings. The number of pyridine rings is 1. The first-order chi connectivity index (χ1) is 8.25. The maximum Gasteiger partial charge on any atom is 0.407 e. The predicted octanol–water partition coefficient (Wildman–Crippen LogP) is 1.20. The number of aromatic nitrogens is 1. The number of fused-ring (bicyclic) bond motifs is 3. The Morgan fingerprint density at radius 2 is 2.35 bits per heavy atom. The number of nitrogens with zero attached hydrogens (tertiary/aromatic N) is 3. The van der Waals surface area contributed by atoms with Crippen molar-refractivity contribution in [3.8, 4) is 0 Å². The van der Waals surface area contributed by atoms with Crippen LogP contribution in [-0.4, -0.2) is 46.8 Å². The van der Waals surface area contributed by atoms with Crippen LogP contribution in [0.3, 0.4) is 0 Å². The van der Waals surface area contributed by atoms with Gasteiger partial charge in [0.15, 0.2) is 0 Å². The lowest BCUT2D eigenvalue weighted by Crippen LogP contribution is -2.56. The molecule has 0 unspecified atom stereocenters. The highest BCUT2D eigenvalue weighted by molar-refractivity contribution is 5.66. The smallest absolute Gasteiger partial charge is 0.407 e. The minimum atomic E-state index is -0.809. The first kappa shape index (κ1) is 10.4. The number of rotatable bonds is 0. The third-order valence-corrected chi connectivity index (χ3v) is 3.64. The molecule has 1 amide bonds. The summed E-state index contributed by atoms with van der Waals surface area (Å²) in [5.41, 5.74) is 1.28. The summed E-state index contributed by atoms with van der Waals surface area (Å²) < 4.78 is 0. The van der Waals surface area contributed by atoms with Gasteiger partial charge in [-0.05, 0) is 24.5 Å². The lowest BCUT2D eigenvalue weighted by Gasteiger charge is -2.44. The molecule has 3 rings (SSSR count). The topological polar surface area (TPSA) is 56.7 Å². The maximum absolute atomic E-state index is 11.0. The van der Waals surface area contributed by atoms with Crippen molar-refractivity contribution in [1.82, 2.24) is 9.88 Å². The Bertz CT molecular complexity index is 449. The molecule has 1 aromatic rings. The lowest BCUT2D eigenvalue weighted by molar-refractivity contribution is 0.133. The highest BCUT2D eigenvalue weighted by Gasteiger charge is 2.33. The monoisotopic (exact) mass is 233 g/mol. The number of amides is 1. The van der Waals surface area contributed by atoms with Crippen LogP contribution in [-0.2, 0) is 6.42 Å². The van der Waals surface area contributed by atoms with Gasteiger partial charge < -0.3 is 14.9 Å². The van der Waals surface area contributed by atoms with Gasteiger partial charge in [0.25, 0.3) is 0 Å². The average Bonchev–Trinajstić information content (AvgIpc) is 2.38. The van der Waals surface area contributed by atoms with Crippen LogP contribution in [0, 0.1) is 0 Å². The molecule has 1 saturated heterocycles. The molecule has 17 heavy (non-hydrogen) atoms. The maximum atomic E-state index is 11.0. The van der Waals surface area contributed by atoms with Crippen molar-refractivity contribution in [2.45, 2.75) is 18.9 Å². The lowest BCUT2D eigenvalue weighted by atomic mass is 9.96. The Hall–Kier alpha value is -1.78. The van der Waals surface area contributed by atoms with Crippen molar-refractivity contribution < 1.29 is 9.90 Å². The van der Waals surface area contributed by atoms with Crippen LogP contribution in [0.25, 0.3) is 0 Å². The van der Waals surface area contributed by atoms with Crippen molar-refractivity contribution >= 4 is 11.9 Å². The molecule has 0 radical (unpaired) electrons. The largest absolute Gasteiger partial charge is 0.465 e. The zero-order valence-electron chi connectivity index (χ0n) is 9.54. The summed E-state index contributed by atoms with van der Waals surface area (Å²) in [6, 6.07) is 4.37. The summed E-state index contributed by atoms with van der Waals surface area (Å²) in [4.78, 5) is 19.2. The molecule has 0 bridgehead atoms. The van der Waals surface area contributed by atoms with Gasteiger partial charge in [-0.3, -0.25) is 0 Å². The molecule has 0 aromatic carbocycles. The van der Waals surface area contributed by atoms with Gasteiger partial charge in [-0.1, -0.05) is 6.07 Å². The van der Waals surface area contributed by atoms with Gasteiger partial charge >= 0.3 is 6.09 Å². The number of piperazine rings is 1. The Balaban J connectivity index is 1.85. The van der Waals surface area contributed by atoms with Gasteiger partial charge in [0.05, 0.1) is 0 Å². The summed E-state index contributed by atoms with van der Waals surface area (Å²) in [7, 11) is 0. The van der Waals surface area contributed by atoms with E-state index in [9.17, 15) is 4.79 Å². The fourth-order valence-electron chi connectivity index (χ4n) is 2.76. The fraction of sp³-hybridized carbons (Fsp3) is 0.500. The molecular formula is C12H15N3O2. The molecule has 1 aromatic heterocycles. The van der Waals surface area contributed by atoms with Crippen molar-refractivity contribution in [1.29, 1.82) is 0 Å². The molecule has 90 valence electrons. The van der Waals surface area contributed by atoms with Crippen LogP contribution in [0.2, 0.25) is 0 Å². The SMILES string of the molecule is O=C(O)N1CCN2c3ncccc3CC[C@@H]2C1. The van der Waals surface area contributed by atoms with Crippen molar-refractivity contribution in [3.63, 3.8) is 0 Å². The van der Waals surface area contributed by atoms with Crippen LogP contribution in [0.15, 0.2) is 18.3 Å². The number of hydrogen-bond donors (Lipinski definition) is 1. The molecule has 5 nitrogen and oxygen atoms in total. The van der Waals surface area contributed by atoms with Crippen LogP contribution >= 0.6 is 0 Å². The molecular weight excluding hydrogens is 218 g/mol. The second-order valence-electron chi connectivity index (χ2n) is 4.60. The Morgan fingerprint density at radius 1 is 1.47 bits per heavy atom. The van der Waals surface area contributed by atoms with Crippen LogP contribution in [0.5, 0.6) is 0 Å². The Labute approximate surface area is 99.7 Å². The van der Waals surface area contributed by atoms with E-state index in [1.54, 1.807) is 0 Å². The molecule has 5 heteroatoms.